The van der Waals surface area contributed by atoms with Crippen LogP contribution in [-0.4, -0.2) is 28.6 Å². The lowest BCUT2D eigenvalue weighted by atomic mass is 9.99. The van der Waals surface area contributed by atoms with Crippen LogP contribution in [0.3, 0.4) is 0 Å². The van der Waals surface area contributed by atoms with Crippen molar-refractivity contribution in [2.24, 2.45) is 0 Å². The van der Waals surface area contributed by atoms with Crippen molar-refractivity contribution in [3.63, 3.8) is 0 Å². The zero-order chi connectivity index (χ0) is 20.7. The highest BCUT2D eigenvalue weighted by molar-refractivity contribution is 7.22. The second-order valence-electron chi connectivity index (χ2n) is 6.20. The van der Waals surface area contributed by atoms with Gasteiger partial charge in [-0.3, -0.25) is 9.69 Å². The number of amides is 1. The summed E-state index contributed by atoms with van der Waals surface area (Å²) >= 11 is 7.39. The molecule has 1 aliphatic rings. The van der Waals surface area contributed by atoms with Crippen LogP contribution in [-0.2, 0) is 14.3 Å². The first-order valence-electron chi connectivity index (χ1n) is 8.66. The summed E-state index contributed by atoms with van der Waals surface area (Å²) in [5.41, 5.74) is 0.718. The summed E-state index contributed by atoms with van der Waals surface area (Å²) in [5.74, 6) is -2.81. The molecular formula is C20H14ClFN2O4S. The molecule has 1 N–H and O–H groups in total. The zero-order valence-corrected chi connectivity index (χ0v) is 16.6. The lowest BCUT2D eigenvalue weighted by molar-refractivity contribution is -0.139. The molecule has 0 bridgehead atoms. The molecule has 0 fully saturated rings. The van der Waals surface area contributed by atoms with E-state index in [2.05, 4.69) is 4.98 Å². The Balaban J connectivity index is 1.89. The van der Waals surface area contributed by atoms with Gasteiger partial charge in [0.15, 0.2) is 10.9 Å². The lowest BCUT2D eigenvalue weighted by Crippen LogP contribution is -2.31. The van der Waals surface area contributed by atoms with E-state index in [-0.39, 0.29) is 17.3 Å². The quantitative estimate of drug-likeness (QED) is 0.612. The van der Waals surface area contributed by atoms with E-state index in [0.717, 1.165) is 4.70 Å². The number of halogens is 2. The summed E-state index contributed by atoms with van der Waals surface area (Å²) in [4.78, 5) is 31.1. The van der Waals surface area contributed by atoms with Gasteiger partial charge in [-0.2, -0.15) is 0 Å². The standard InChI is InChI=1S/C20H14ClFN2O4S/c1-2-28-19(27)14-16(10-6-8-11(22)9-7-10)24(18(26)17(14)25)20-23-15-12(21)4-3-5-13(15)29-20/h3-9,16,25H,2H2,1H3. The third-order valence-electron chi connectivity index (χ3n) is 4.45. The predicted molar refractivity (Wildman–Crippen MR) is 108 cm³/mol. The third kappa shape index (κ3) is 3.24. The molecule has 1 amide bonds. The third-order valence-corrected chi connectivity index (χ3v) is 5.78. The Morgan fingerprint density at radius 3 is 2.69 bits per heavy atom. The van der Waals surface area contributed by atoms with E-state index in [4.69, 9.17) is 16.3 Å². The van der Waals surface area contributed by atoms with E-state index in [1.807, 2.05) is 0 Å². The van der Waals surface area contributed by atoms with Crippen molar-refractivity contribution in [2.45, 2.75) is 13.0 Å². The molecule has 2 heterocycles. The maximum atomic E-state index is 13.4. The Labute approximate surface area is 173 Å². The molecule has 29 heavy (non-hydrogen) atoms. The average Bonchev–Trinajstić information content (AvgIpc) is 3.23. The molecule has 0 radical (unpaired) electrons. The first kappa shape index (κ1) is 19.4. The van der Waals surface area contributed by atoms with Crippen LogP contribution in [0.4, 0.5) is 9.52 Å². The summed E-state index contributed by atoms with van der Waals surface area (Å²) in [6, 6.07) is 9.54. The second-order valence-corrected chi connectivity index (χ2v) is 7.61. The zero-order valence-electron chi connectivity index (χ0n) is 15.1. The number of rotatable bonds is 4. The van der Waals surface area contributed by atoms with Gasteiger partial charge >= 0.3 is 5.97 Å². The van der Waals surface area contributed by atoms with E-state index in [0.29, 0.717) is 16.1 Å². The van der Waals surface area contributed by atoms with Gasteiger partial charge in [0.25, 0.3) is 5.91 Å². The maximum Gasteiger partial charge on any atom is 0.340 e. The minimum Gasteiger partial charge on any atom is -0.503 e. The minimum atomic E-state index is -1.01. The van der Waals surface area contributed by atoms with Crippen LogP contribution in [0.25, 0.3) is 10.2 Å². The average molecular weight is 433 g/mol. The first-order valence-corrected chi connectivity index (χ1v) is 9.86. The number of benzene rings is 2. The van der Waals surface area contributed by atoms with Gasteiger partial charge in [0.1, 0.15) is 22.9 Å². The number of hydrogen-bond donors (Lipinski definition) is 1. The van der Waals surface area contributed by atoms with Crippen molar-refractivity contribution in [1.82, 2.24) is 4.98 Å². The largest absolute Gasteiger partial charge is 0.503 e. The molecule has 1 unspecified atom stereocenters. The topological polar surface area (TPSA) is 79.7 Å². The molecule has 4 rings (SSSR count). The van der Waals surface area contributed by atoms with E-state index < -0.39 is 29.5 Å². The van der Waals surface area contributed by atoms with Crippen LogP contribution in [0.15, 0.2) is 53.8 Å². The Bertz CT molecular complexity index is 1160. The van der Waals surface area contributed by atoms with Gasteiger partial charge in [-0.05, 0) is 36.8 Å². The number of aliphatic hydroxyl groups excluding tert-OH is 1. The van der Waals surface area contributed by atoms with Crippen molar-refractivity contribution in [3.8, 4) is 0 Å². The number of para-hydroxylation sites is 1. The number of carbonyl (C=O) groups is 2. The molecule has 1 atom stereocenters. The van der Waals surface area contributed by atoms with Crippen LogP contribution in [0.5, 0.6) is 0 Å². The van der Waals surface area contributed by atoms with Crippen LogP contribution in [0.1, 0.15) is 18.5 Å². The molecular weight excluding hydrogens is 419 g/mol. The monoisotopic (exact) mass is 432 g/mol. The highest BCUT2D eigenvalue weighted by Gasteiger charge is 2.46. The summed E-state index contributed by atoms with van der Waals surface area (Å²) in [6.45, 7) is 1.68. The van der Waals surface area contributed by atoms with Crippen molar-refractivity contribution in [1.29, 1.82) is 0 Å². The normalized spacial score (nSPS) is 16.7. The molecule has 0 saturated heterocycles. The summed E-state index contributed by atoms with van der Waals surface area (Å²) in [7, 11) is 0. The fourth-order valence-corrected chi connectivity index (χ4v) is 4.48. The molecule has 2 aromatic carbocycles. The van der Waals surface area contributed by atoms with Crippen molar-refractivity contribution in [3.05, 3.63) is 70.2 Å². The number of aliphatic hydroxyl groups is 1. The number of fused-ring (bicyclic) bond motifs is 1. The summed E-state index contributed by atoms with van der Waals surface area (Å²) in [5, 5.41) is 11.1. The number of esters is 1. The first-order chi connectivity index (χ1) is 13.9. The molecule has 148 valence electrons. The van der Waals surface area contributed by atoms with Crippen LogP contribution < -0.4 is 4.90 Å². The van der Waals surface area contributed by atoms with Gasteiger partial charge in [0, 0.05) is 0 Å². The number of thiazole rings is 1. The van der Waals surface area contributed by atoms with Gasteiger partial charge in [0.2, 0.25) is 0 Å². The molecule has 1 aliphatic heterocycles. The number of ether oxygens (including phenoxy) is 1. The Hall–Kier alpha value is -2.97. The summed E-state index contributed by atoms with van der Waals surface area (Å²) < 4.78 is 19.2. The summed E-state index contributed by atoms with van der Waals surface area (Å²) in [6.07, 6.45) is 0. The Morgan fingerprint density at radius 1 is 1.31 bits per heavy atom. The highest BCUT2D eigenvalue weighted by Crippen LogP contribution is 2.44. The Morgan fingerprint density at radius 2 is 2.03 bits per heavy atom. The second kappa shape index (κ2) is 7.46. The van der Waals surface area contributed by atoms with Crippen LogP contribution in [0, 0.1) is 5.82 Å². The number of nitrogens with zero attached hydrogens (tertiary/aromatic N) is 2. The molecule has 6 nitrogen and oxygen atoms in total. The van der Waals surface area contributed by atoms with Crippen molar-refractivity contribution >= 4 is 50.2 Å². The number of carbonyl (C=O) groups excluding carboxylic acids is 2. The molecule has 9 heteroatoms. The van der Waals surface area contributed by atoms with Gasteiger partial charge in [0.05, 0.1) is 16.3 Å². The van der Waals surface area contributed by atoms with E-state index >= 15 is 0 Å². The minimum absolute atomic E-state index is 0.0662. The van der Waals surface area contributed by atoms with Crippen LogP contribution >= 0.6 is 22.9 Å². The molecule has 0 aliphatic carbocycles. The molecule has 3 aromatic rings. The molecule has 0 saturated carbocycles. The van der Waals surface area contributed by atoms with Crippen molar-refractivity contribution < 1.29 is 23.8 Å². The van der Waals surface area contributed by atoms with Crippen molar-refractivity contribution in [2.75, 3.05) is 11.5 Å². The van der Waals surface area contributed by atoms with Gasteiger partial charge in [-0.1, -0.05) is 41.1 Å². The predicted octanol–water partition coefficient (Wildman–Crippen LogP) is 4.55. The van der Waals surface area contributed by atoms with Gasteiger partial charge < -0.3 is 9.84 Å². The number of anilines is 1. The van der Waals surface area contributed by atoms with Crippen LogP contribution in [0.2, 0.25) is 5.02 Å². The van der Waals surface area contributed by atoms with E-state index in [9.17, 15) is 19.1 Å². The molecule has 1 aromatic heterocycles. The number of hydrogen-bond acceptors (Lipinski definition) is 6. The smallest absolute Gasteiger partial charge is 0.340 e. The van der Waals surface area contributed by atoms with Gasteiger partial charge in [-0.15, -0.1) is 0 Å². The highest BCUT2D eigenvalue weighted by atomic mass is 35.5. The lowest BCUT2D eigenvalue weighted by Gasteiger charge is -2.24. The van der Waals surface area contributed by atoms with E-state index in [1.54, 1.807) is 25.1 Å². The number of aromatic nitrogens is 1. The van der Waals surface area contributed by atoms with Gasteiger partial charge in [-0.25, -0.2) is 14.2 Å². The fraction of sp³-hybridized carbons (Fsp3) is 0.150. The maximum absolute atomic E-state index is 13.4. The SMILES string of the molecule is CCOC(=O)C1=C(O)C(=O)N(c2nc3c(Cl)cccc3s2)C1c1ccc(F)cc1. The molecule has 0 spiro atoms. The van der Waals surface area contributed by atoms with E-state index in [1.165, 1.54) is 40.5 Å². The fourth-order valence-electron chi connectivity index (χ4n) is 3.19. The Kier molecular flexibility index (Phi) is 4.97.